The molecule has 1 amide bonds. The average molecular weight is 414 g/mol. The van der Waals surface area contributed by atoms with E-state index in [2.05, 4.69) is 15.0 Å². The van der Waals surface area contributed by atoms with Gasteiger partial charge >= 0.3 is 18.0 Å². The number of ether oxygens (including phenoxy) is 2. The quantitative estimate of drug-likeness (QED) is 0.467. The van der Waals surface area contributed by atoms with Crippen molar-refractivity contribution >= 4 is 34.5 Å². The van der Waals surface area contributed by atoms with E-state index in [1.54, 1.807) is 20.8 Å². The fourth-order valence-corrected chi connectivity index (χ4v) is 3.37. The highest BCUT2D eigenvalue weighted by molar-refractivity contribution is 7.13. The number of esters is 2. The number of amides is 1. The number of aromatic nitrogens is 1. The molecule has 0 aliphatic carbocycles. The highest BCUT2D eigenvalue weighted by Crippen LogP contribution is 2.25. The lowest BCUT2D eigenvalue weighted by Gasteiger charge is -2.33. The molecule has 0 bridgehead atoms. The zero-order valence-corrected chi connectivity index (χ0v) is 17.0. The highest BCUT2D eigenvalue weighted by Gasteiger charge is 2.27. The van der Waals surface area contributed by atoms with Crippen molar-refractivity contribution in [3.8, 4) is 0 Å². The zero-order chi connectivity index (χ0) is 20.9. The van der Waals surface area contributed by atoms with Gasteiger partial charge in [0.2, 0.25) is 0 Å². The monoisotopic (exact) mass is 414 g/mol. The molecule has 0 unspecified atom stereocenters. The normalized spacial score (nSPS) is 18.3. The van der Waals surface area contributed by atoms with Crippen LogP contribution in [0.2, 0.25) is 0 Å². The number of rotatable bonds is 5. The molecule has 1 aromatic heterocycles. The number of aliphatic hydroxyl groups excluding tert-OH is 1. The van der Waals surface area contributed by atoms with Gasteiger partial charge in [-0.05, 0) is 33.6 Å². The largest absolute Gasteiger partial charge is 0.444 e. The van der Waals surface area contributed by atoms with Crippen LogP contribution in [-0.4, -0.2) is 65.5 Å². The first-order chi connectivity index (χ1) is 13.1. The third-order valence-corrected chi connectivity index (χ3v) is 4.71. The second kappa shape index (κ2) is 9.30. The van der Waals surface area contributed by atoms with Crippen LogP contribution in [0, 0.1) is 0 Å². The summed E-state index contributed by atoms with van der Waals surface area (Å²) in [5, 5.41) is 13.7. The average Bonchev–Trinajstić information content (AvgIpc) is 3.09. The molecule has 0 aromatic carbocycles. The molecular formula is C17H26N4O6S. The van der Waals surface area contributed by atoms with Gasteiger partial charge < -0.3 is 30.5 Å². The van der Waals surface area contributed by atoms with E-state index in [0.29, 0.717) is 11.7 Å². The Labute approximate surface area is 167 Å². The number of hydrogen-bond acceptors (Lipinski definition) is 10. The summed E-state index contributed by atoms with van der Waals surface area (Å²) in [6, 6.07) is -1.38. The zero-order valence-electron chi connectivity index (χ0n) is 16.1. The van der Waals surface area contributed by atoms with Crippen molar-refractivity contribution in [2.75, 3.05) is 24.6 Å². The number of nitrogens with one attached hydrogen (secondary N) is 1. The van der Waals surface area contributed by atoms with Crippen molar-refractivity contribution in [3.63, 3.8) is 0 Å². The topological polar surface area (TPSA) is 144 Å². The lowest BCUT2D eigenvalue weighted by Crippen LogP contribution is -2.49. The van der Waals surface area contributed by atoms with Gasteiger partial charge in [-0.3, -0.25) is 0 Å². The fraction of sp³-hybridized carbons (Fsp3) is 0.647. The van der Waals surface area contributed by atoms with Crippen LogP contribution in [0.25, 0.3) is 0 Å². The Hall–Kier alpha value is -2.24. The van der Waals surface area contributed by atoms with Gasteiger partial charge in [0.1, 0.15) is 11.6 Å². The summed E-state index contributed by atoms with van der Waals surface area (Å²) < 4.78 is 9.88. The molecule has 10 nitrogen and oxygen atoms in total. The Balaban J connectivity index is 1.94. The van der Waals surface area contributed by atoms with Crippen LogP contribution >= 0.6 is 11.3 Å². The number of carbonyl (C=O) groups is 3. The number of hydrogen-bond donors (Lipinski definition) is 3. The van der Waals surface area contributed by atoms with E-state index in [1.165, 1.54) is 16.7 Å². The van der Waals surface area contributed by atoms with Gasteiger partial charge in [0, 0.05) is 24.5 Å². The number of carbonyl (C=O) groups excluding carboxylic acids is 3. The fourth-order valence-electron chi connectivity index (χ4n) is 2.54. The Kier molecular flexibility index (Phi) is 7.33. The summed E-state index contributed by atoms with van der Waals surface area (Å²) in [4.78, 5) is 41.6. The third kappa shape index (κ3) is 6.43. The first-order valence-electron chi connectivity index (χ1n) is 8.91. The van der Waals surface area contributed by atoms with Crippen LogP contribution in [0.1, 0.15) is 44.1 Å². The Bertz CT molecular complexity index is 717. The maximum absolute atomic E-state index is 12.0. The Morgan fingerprint density at radius 2 is 2.18 bits per heavy atom. The van der Waals surface area contributed by atoms with Crippen LogP contribution in [0.4, 0.5) is 9.93 Å². The standard InChI is InChI=1S/C17H26N4O6S/c1-17(2,3)27-16(25)19-10-5-4-6-21(7-10)15-20-12(9-28-15)14(24)26-13(23)11(18)8-22/h9-11,22H,4-8,18H2,1-3H3,(H,19,25)/t10-,11-/m0/s1. The van der Waals surface area contributed by atoms with E-state index in [1.807, 2.05) is 4.90 Å². The smallest absolute Gasteiger partial charge is 0.407 e. The predicted octanol–water partition coefficient (Wildman–Crippen LogP) is 0.640. The molecule has 2 heterocycles. The molecule has 1 aliphatic heterocycles. The molecule has 2 atom stereocenters. The van der Waals surface area contributed by atoms with Crippen LogP contribution in [0.15, 0.2) is 5.38 Å². The first-order valence-corrected chi connectivity index (χ1v) is 9.79. The minimum absolute atomic E-state index is 0.0132. The first kappa shape index (κ1) is 22.1. The van der Waals surface area contributed by atoms with E-state index in [4.69, 9.17) is 15.6 Å². The minimum atomic E-state index is -1.27. The number of aliphatic hydroxyl groups is 1. The lowest BCUT2D eigenvalue weighted by molar-refractivity contribution is -0.140. The van der Waals surface area contributed by atoms with E-state index < -0.39 is 36.3 Å². The second-order valence-electron chi connectivity index (χ2n) is 7.44. The van der Waals surface area contributed by atoms with Crippen LogP contribution in [0.3, 0.4) is 0 Å². The molecule has 1 fully saturated rings. The highest BCUT2D eigenvalue weighted by atomic mass is 32.1. The van der Waals surface area contributed by atoms with E-state index in [-0.39, 0.29) is 11.7 Å². The van der Waals surface area contributed by atoms with Crippen molar-refractivity contribution in [1.82, 2.24) is 10.3 Å². The number of nitrogens with zero attached hydrogens (tertiary/aromatic N) is 2. The number of thiazole rings is 1. The van der Waals surface area contributed by atoms with Gasteiger partial charge in [0.25, 0.3) is 0 Å². The maximum Gasteiger partial charge on any atom is 0.407 e. The minimum Gasteiger partial charge on any atom is -0.444 e. The summed E-state index contributed by atoms with van der Waals surface area (Å²) in [6.45, 7) is 6.03. The van der Waals surface area contributed by atoms with E-state index in [9.17, 15) is 14.4 Å². The van der Waals surface area contributed by atoms with Crippen LogP contribution < -0.4 is 16.0 Å². The van der Waals surface area contributed by atoms with Crippen molar-refractivity contribution in [3.05, 3.63) is 11.1 Å². The van der Waals surface area contributed by atoms with Gasteiger partial charge in [-0.1, -0.05) is 0 Å². The Morgan fingerprint density at radius 1 is 1.46 bits per heavy atom. The SMILES string of the molecule is CC(C)(C)OC(=O)N[C@H]1CCCN(c2nc(C(=O)OC(=O)[C@@H](N)CO)cs2)C1. The van der Waals surface area contributed by atoms with E-state index in [0.717, 1.165) is 19.4 Å². The summed E-state index contributed by atoms with van der Waals surface area (Å²) in [7, 11) is 0. The molecule has 11 heteroatoms. The predicted molar refractivity (Wildman–Crippen MR) is 102 cm³/mol. The van der Waals surface area contributed by atoms with Gasteiger partial charge in [-0.15, -0.1) is 11.3 Å². The molecule has 0 radical (unpaired) electrons. The molecule has 28 heavy (non-hydrogen) atoms. The molecule has 0 saturated carbocycles. The maximum atomic E-state index is 12.0. The second-order valence-corrected chi connectivity index (χ2v) is 8.28. The third-order valence-electron chi connectivity index (χ3n) is 3.81. The van der Waals surface area contributed by atoms with Crippen LogP contribution in [-0.2, 0) is 14.3 Å². The molecule has 2 rings (SSSR count). The van der Waals surface area contributed by atoms with Gasteiger partial charge in [0.05, 0.1) is 6.61 Å². The van der Waals surface area contributed by atoms with Crippen molar-refractivity contribution in [2.24, 2.45) is 5.73 Å². The summed E-state index contributed by atoms with van der Waals surface area (Å²) in [5.41, 5.74) is 4.73. The van der Waals surface area contributed by atoms with Crippen molar-refractivity contribution in [2.45, 2.75) is 51.3 Å². The Morgan fingerprint density at radius 3 is 2.82 bits per heavy atom. The number of anilines is 1. The number of nitrogens with two attached hydrogens (primary N) is 1. The van der Waals surface area contributed by atoms with Gasteiger partial charge in [0.15, 0.2) is 10.8 Å². The summed E-state index contributed by atoms with van der Waals surface area (Å²) in [6.07, 6.45) is 1.18. The molecule has 4 N–H and O–H groups in total. The lowest BCUT2D eigenvalue weighted by atomic mass is 10.1. The van der Waals surface area contributed by atoms with E-state index >= 15 is 0 Å². The van der Waals surface area contributed by atoms with Gasteiger partial charge in [-0.2, -0.15) is 0 Å². The molecular weight excluding hydrogens is 388 g/mol. The molecule has 156 valence electrons. The number of alkyl carbamates (subject to hydrolysis) is 1. The van der Waals surface area contributed by atoms with Gasteiger partial charge in [-0.25, -0.2) is 19.4 Å². The summed E-state index contributed by atoms with van der Waals surface area (Å²) in [5.74, 6) is -1.93. The van der Waals surface area contributed by atoms with Crippen molar-refractivity contribution in [1.29, 1.82) is 0 Å². The molecule has 0 spiro atoms. The summed E-state index contributed by atoms with van der Waals surface area (Å²) >= 11 is 1.23. The van der Waals surface area contributed by atoms with Crippen LogP contribution in [0.5, 0.6) is 0 Å². The number of piperidine rings is 1. The molecule has 1 aliphatic rings. The van der Waals surface area contributed by atoms with Crippen molar-refractivity contribution < 1.29 is 29.0 Å². The molecule has 1 saturated heterocycles. The molecule has 1 aromatic rings.